The molecule has 7 heteroatoms. The Balaban J connectivity index is 1.23. The van der Waals surface area contributed by atoms with Crippen LogP contribution in [0, 0.1) is 5.41 Å². The molecule has 5 rings (SSSR count). The lowest BCUT2D eigenvalue weighted by atomic mass is 9.85. The van der Waals surface area contributed by atoms with E-state index in [0.717, 1.165) is 43.6 Å². The molecule has 6 nitrogen and oxygen atoms in total. The molecule has 2 aliphatic rings. The number of thiophene rings is 1. The molecule has 1 N–H and O–H groups in total. The average molecular weight is 421 g/mol. The summed E-state index contributed by atoms with van der Waals surface area (Å²) in [5.41, 5.74) is 3.10. The number of benzene rings is 1. The largest absolute Gasteiger partial charge is 0.342 e. The molecule has 4 heterocycles. The van der Waals surface area contributed by atoms with Crippen molar-refractivity contribution in [3.8, 4) is 11.3 Å². The van der Waals surface area contributed by atoms with Crippen molar-refractivity contribution in [2.24, 2.45) is 5.41 Å². The fraction of sp³-hybridized carbons (Fsp3) is 0.348. The number of rotatable bonds is 5. The van der Waals surface area contributed by atoms with Crippen molar-refractivity contribution < 1.29 is 9.59 Å². The number of likely N-dealkylation sites (tertiary alicyclic amines) is 2. The summed E-state index contributed by atoms with van der Waals surface area (Å²) in [7, 11) is 0. The number of H-pyrrole nitrogens is 1. The van der Waals surface area contributed by atoms with E-state index in [9.17, 15) is 9.59 Å². The predicted molar refractivity (Wildman–Crippen MR) is 116 cm³/mol. The third-order valence-electron chi connectivity index (χ3n) is 6.38. The molecule has 3 aromatic rings. The fourth-order valence-electron chi connectivity index (χ4n) is 4.60. The Bertz CT molecular complexity index is 1050. The topological polar surface area (TPSA) is 69.3 Å². The number of carbonyl (C=O) groups is 2. The molecule has 0 aliphatic carbocycles. The monoisotopic (exact) mass is 420 g/mol. The molecule has 1 spiro atoms. The number of amides is 2. The van der Waals surface area contributed by atoms with Crippen LogP contribution in [0.3, 0.4) is 0 Å². The second kappa shape index (κ2) is 7.72. The lowest BCUT2D eigenvalue weighted by molar-refractivity contribution is -0.135. The maximum absolute atomic E-state index is 13.2. The van der Waals surface area contributed by atoms with Crippen molar-refractivity contribution in [2.45, 2.75) is 19.3 Å². The molecule has 154 valence electrons. The zero-order valence-electron chi connectivity index (χ0n) is 16.7. The van der Waals surface area contributed by atoms with Crippen molar-refractivity contribution in [1.29, 1.82) is 0 Å². The Morgan fingerprint density at radius 3 is 2.80 bits per heavy atom. The van der Waals surface area contributed by atoms with Gasteiger partial charge in [0.05, 0.1) is 11.1 Å². The van der Waals surface area contributed by atoms with E-state index in [1.807, 2.05) is 44.8 Å². The van der Waals surface area contributed by atoms with Crippen molar-refractivity contribution in [1.82, 2.24) is 20.0 Å². The summed E-state index contributed by atoms with van der Waals surface area (Å²) in [5, 5.41) is 11.2. The Morgan fingerprint density at radius 1 is 1.17 bits per heavy atom. The highest BCUT2D eigenvalue weighted by molar-refractivity contribution is 7.08. The Hall–Kier alpha value is -2.93. The lowest BCUT2D eigenvalue weighted by Crippen LogP contribution is -2.39. The zero-order chi connectivity index (χ0) is 20.6. The van der Waals surface area contributed by atoms with Crippen LogP contribution >= 0.6 is 11.3 Å². The summed E-state index contributed by atoms with van der Waals surface area (Å²) in [6, 6.07) is 14.1. The van der Waals surface area contributed by atoms with Crippen LogP contribution in [0.2, 0.25) is 0 Å². The Kier molecular flexibility index (Phi) is 4.90. The summed E-state index contributed by atoms with van der Waals surface area (Å²) in [4.78, 5) is 30.0. The maximum atomic E-state index is 13.2. The number of carbonyl (C=O) groups excluding carboxylic acids is 2. The van der Waals surface area contributed by atoms with Crippen molar-refractivity contribution >= 4 is 23.2 Å². The minimum absolute atomic E-state index is 0.0728. The number of nitrogens with zero attached hydrogens (tertiary/aromatic N) is 3. The van der Waals surface area contributed by atoms with Crippen LogP contribution in [0.1, 0.15) is 28.9 Å². The zero-order valence-corrected chi connectivity index (χ0v) is 17.5. The molecule has 2 saturated heterocycles. The van der Waals surface area contributed by atoms with Gasteiger partial charge in [0.2, 0.25) is 5.91 Å². The molecular weight excluding hydrogens is 396 g/mol. The third-order valence-corrected chi connectivity index (χ3v) is 7.06. The van der Waals surface area contributed by atoms with Crippen molar-refractivity contribution in [2.75, 3.05) is 26.2 Å². The maximum Gasteiger partial charge on any atom is 0.271 e. The first kappa shape index (κ1) is 19.1. The normalized spacial score (nSPS) is 21.1. The molecule has 0 bridgehead atoms. The number of nitrogens with one attached hydrogen (secondary N) is 1. The molecular formula is C23H24N4O2S. The Morgan fingerprint density at radius 2 is 2.00 bits per heavy atom. The molecule has 2 aromatic heterocycles. The van der Waals surface area contributed by atoms with Gasteiger partial charge in [-0.3, -0.25) is 14.7 Å². The van der Waals surface area contributed by atoms with Gasteiger partial charge >= 0.3 is 0 Å². The van der Waals surface area contributed by atoms with Crippen LogP contribution in [0.4, 0.5) is 0 Å². The van der Waals surface area contributed by atoms with Gasteiger partial charge < -0.3 is 9.80 Å². The van der Waals surface area contributed by atoms with Crippen LogP contribution in [-0.4, -0.2) is 58.0 Å². The van der Waals surface area contributed by atoms with E-state index >= 15 is 0 Å². The van der Waals surface area contributed by atoms with Crippen LogP contribution in [0.5, 0.6) is 0 Å². The number of aromatic nitrogens is 2. The molecule has 2 amide bonds. The van der Waals surface area contributed by atoms with E-state index in [1.165, 1.54) is 5.56 Å². The van der Waals surface area contributed by atoms with E-state index in [4.69, 9.17) is 0 Å². The van der Waals surface area contributed by atoms with Gasteiger partial charge in [-0.15, -0.1) is 0 Å². The van der Waals surface area contributed by atoms with Gasteiger partial charge in [-0.25, -0.2) is 0 Å². The van der Waals surface area contributed by atoms with Gasteiger partial charge in [-0.2, -0.15) is 16.4 Å². The molecule has 2 aliphatic heterocycles. The standard InChI is InChI=1S/C23H24N4O2S/c28-21(20-14-19(24-25-20)18-7-13-30-15-18)27-12-9-23(16-27)8-11-26(22(23)29)10-6-17-4-2-1-3-5-17/h1-5,7,13-15H,6,8-12,16H2,(H,24,25). The molecule has 1 unspecified atom stereocenters. The van der Waals surface area contributed by atoms with E-state index in [2.05, 4.69) is 22.3 Å². The summed E-state index contributed by atoms with van der Waals surface area (Å²) in [6.07, 6.45) is 2.43. The smallest absolute Gasteiger partial charge is 0.271 e. The SMILES string of the molecule is O=C(c1cc(-c2ccsc2)n[nH]1)N1CCC2(CCN(CCc3ccccc3)C2=O)C1. The minimum Gasteiger partial charge on any atom is -0.342 e. The number of aromatic amines is 1. The lowest BCUT2D eigenvalue weighted by Gasteiger charge is -2.23. The van der Waals surface area contributed by atoms with Gasteiger partial charge in [0, 0.05) is 37.1 Å². The summed E-state index contributed by atoms with van der Waals surface area (Å²) >= 11 is 1.60. The number of hydrogen-bond acceptors (Lipinski definition) is 4. The summed E-state index contributed by atoms with van der Waals surface area (Å²) < 4.78 is 0. The first-order chi connectivity index (χ1) is 14.6. The predicted octanol–water partition coefficient (Wildman–Crippen LogP) is 3.45. The van der Waals surface area contributed by atoms with E-state index in [1.54, 1.807) is 17.4 Å². The van der Waals surface area contributed by atoms with Gasteiger partial charge in [-0.05, 0) is 42.3 Å². The number of hydrogen-bond donors (Lipinski definition) is 1. The van der Waals surface area contributed by atoms with Gasteiger partial charge in [0.1, 0.15) is 5.69 Å². The summed E-state index contributed by atoms with van der Waals surface area (Å²) in [6.45, 7) is 2.63. The minimum atomic E-state index is -0.414. The van der Waals surface area contributed by atoms with Crippen molar-refractivity contribution in [3.63, 3.8) is 0 Å². The molecule has 0 radical (unpaired) electrons. The van der Waals surface area contributed by atoms with Gasteiger partial charge in [0.15, 0.2) is 0 Å². The highest BCUT2D eigenvalue weighted by Crippen LogP contribution is 2.41. The van der Waals surface area contributed by atoms with Crippen molar-refractivity contribution in [3.05, 3.63) is 64.5 Å². The van der Waals surface area contributed by atoms with E-state index < -0.39 is 5.41 Å². The van der Waals surface area contributed by atoms with Crippen LogP contribution in [0.15, 0.2) is 53.2 Å². The Labute approximate surface area is 179 Å². The van der Waals surface area contributed by atoms with Gasteiger partial charge in [-0.1, -0.05) is 30.3 Å². The fourth-order valence-corrected chi connectivity index (χ4v) is 5.25. The molecule has 1 atom stereocenters. The van der Waals surface area contributed by atoms with Crippen LogP contribution < -0.4 is 0 Å². The van der Waals surface area contributed by atoms with Crippen LogP contribution in [-0.2, 0) is 11.2 Å². The third kappa shape index (κ3) is 3.43. The molecule has 1 aromatic carbocycles. The molecule has 2 fully saturated rings. The molecule has 30 heavy (non-hydrogen) atoms. The first-order valence-electron chi connectivity index (χ1n) is 10.4. The van der Waals surface area contributed by atoms with Crippen LogP contribution in [0.25, 0.3) is 11.3 Å². The van der Waals surface area contributed by atoms with Gasteiger partial charge in [0.25, 0.3) is 5.91 Å². The van der Waals surface area contributed by atoms with E-state index in [0.29, 0.717) is 18.8 Å². The summed E-state index contributed by atoms with van der Waals surface area (Å²) in [5.74, 6) is 0.133. The first-order valence-corrected chi connectivity index (χ1v) is 11.3. The average Bonchev–Trinajstić information content (AvgIpc) is 3.57. The highest BCUT2D eigenvalue weighted by atomic mass is 32.1. The highest BCUT2D eigenvalue weighted by Gasteiger charge is 2.51. The second-order valence-electron chi connectivity index (χ2n) is 8.21. The molecule has 0 saturated carbocycles. The second-order valence-corrected chi connectivity index (χ2v) is 8.99. The quantitative estimate of drug-likeness (QED) is 0.687. The van der Waals surface area contributed by atoms with E-state index in [-0.39, 0.29) is 11.8 Å².